The molecule has 0 amide bonds. The smallest absolute Gasteiger partial charge is 0.0639 e. The monoisotopic (exact) mass is 260 g/mol. The lowest BCUT2D eigenvalue weighted by Crippen LogP contribution is -2.45. The third kappa shape index (κ3) is 8.03. The highest BCUT2D eigenvalue weighted by Crippen LogP contribution is 2.05. The molecule has 0 saturated heterocycles. The summed E-state index contributed by atoms with van der Waals surface area (Å²) in [6.45, 7) is 15.5. The minimum absolute atomic E-state index is 0.352. The predicted octanol–water partition coefficient (Wildman–Crippen LogP) is 1.17. The van der Waals surface area contributed by atoms with Crippen molar-refractivity contribution in [3.63, 3.8) is 0 Å². The first-order chi connectivity index (χ1) is 8.23. The summed E-state index contributed by atoms with van der Waals surface area (Å²) in [5.41, 5.74) is 0. The molecule has 110 valence electrons. The van der Waals surface area contributed by atoms with E-state index in [-0.39, 0.29) is 12.2 Å². The van der Waals surface area contributed by atoms with Crippen molar-refractivity contribution in [2.75, 3.05) is 26.2 Å². The Morgan fingerprint density at radius 2 is 1.11 bits per heavy atom. The maximum Gasteiger partial charge on any atom is 0.0639 e. The van der Waals surface area contributed by atoms with E-state index in [0.29, 0.717) is 25.2 Å². The van der Waals surface area contributed by atoms with Crippen LogP contribution in [-0.4, -0.2) is 70.5 Å². The molecule has 0 aromatic rings. The molecule has 4 nitrogen and oxygen atoms in total. The van der Waals surface area contributed by atoms with E-state index in [1.54, 1.807) is 13.8 Å². The van der Waals surface area contributed by atoms with E-state index in [9.17, 15) is 10.2 Å². The van der Waals surface area contributed by atoms with Crippen LogP contribution in [0.15, 0.2) is 0 Å². The first-order valence-corrected chi connectivity index (χ1v) is 7.08. The summed E-state index contributed by atoms with van der Waals surface area (Å²) < 4.78 is 0. The van der Waals surface area contributed by atoms with Crippen LogP contribution in [0.3, 0.4) is 0 Å². The van der Waals surface area contributed by atoms with Crippen molar-refractivity contribution in [2.24, 2.45) is 0 Å². The number of hydrogen-bond donors (Lipinski definition) is 2. The van der Waals surface area contributed by atoms with Gasteiger partial charge in [-0.05, 0) is 41.5 Å². The Balaban J connectivity index is 4.30. The molecule has 0 aliphatic rings. The van der Waals surface area contributed by atoms with Gasteiger partial charge in [-0.1, -0.05) is 0 Å². The summed E-state index contributed by atoms with van der Waals surface area (Å²) in [4.78, 5) is 4.56. The SMILES string of the molecule is CC(O)CN(CCN(C(C)C)C(C)C)CC(C)O. The van der Waals surface area contributed by atoms with Gasteiger partial charge in [0, 0.05) is 38.3 Å². The van der Waals surface area contributed by atoms with Crippen molar-refractivity contribution >= 4 is 0 Å². The third-order valence-corrected chi connectivity index (χ3v) is 3.05. The number of aliphatic hydroxyl groups is 2. The van der Waals surface area contributed by atoms with Crippen LogP contribution in [0.4, 0.5) is 0 Å². The zero-order valence-corrected chi connectivity index (χ0v) is 12.9. The Kier molecular flexibility index (Phi) is 8.78. The number of rotatable bonds is 9. The molecule has 0 spiro atoms. The van der Waals surface area contributed by atoms with Gasteiger partial charge in [0.15, 0.2) is 0 Å². The van der Waals surface area contributed by atoms with Crippen molar-refractivity contribution < 1.29 is 10.2 Å². The first kappa shape index (κ1) is 17.8. The van der Waals surface area contributed by atoms with Crippen molar-refractivity contribution in [1.29, 1.82) is 0 Å². The van der Waals surface area contributed by atoms with E-state index in [2.05, 4.69) is 37.5 Å². The van der Waals surface area contributed by atoms with Crippen LogP contribution in [0.5, 0.6) is 0 Å². The molecular weight excluding hydrogens is 228 g/mol. The molecule has 0 aromatic carbocycles. The van der Waals surface area contributed by atoms with Crippen LogP contribution in [-0.2, 0) is 0 Å². The van der Waals surface area contributed by atoms with Crippen LogP contribution < -0.4 is 0 Å². The maximum atomic E-state index is 9.48. The summed E-state index contributed by atoms with van der Waals surface area (Å²) in [7, 11) is 0. The molecule has 0 rings (SSSR count). The Bertz CT molecular complexity index is 188. The van der Waals surface area contributed by atoms with Crippen molar-refractivity contribution in [2.45, 2.75) is 65.8 Å². The molecule has 0 heterocycles. The molecule has 0 fully saturated rings. The molecule has 0 aromatic heterocycles. The Morgan fingerprint density at radius 3 is 1.39 bits per heavy atom. The van der Waals surface area contributed by atoms with Gasteiger partial charge >= 0.3 is 0 Å². The molecule has 0 radical (unpaired) electrons. The topological polar surface area (TPSA) is 46.9 Å². The molecular formula is C14H32N2O2. The van der Waals surface area contributed by atoms with E-state index in [4.69, 9.17) is 0 Å². The Labute approximate surface area is 113 Å². The van der Waals surface area contributed by atoms with Crippen molar-refractivity contribution in [3.05, 3.63) is 0 Å². The fourth-order valence-corrected chi connectivity index (χ4v) is 2.37. The van der Waals surface area contributed by atoms with E-state index < -0.39 is 0 Å². The number of hydrogen-bond acceptors (Lipinski definition) is 4. The van der Waals surface area contributed by atoms with Gasteiger partial charge in [0.2, 0.25) is 0 Å². The second-order valence-electron chi connectivity index (χ2n) is 5.88. The van der Waals surface area contributed by atoms with Gasteiger partial charge in [-0.15, -0.1) is 0 Å². The highest BCUT2D eigenvalue weighted by molar-refractivity contribution is 4.71. The van der Waals surface area contributed by atoms with Gasteiger partial charge in [-0.3, -0.25) is 9.80 Å². The van der Waals surface area contributed by atoms with Gasteiger partial charge in [0.05, 0.1) is 12.2 Å². The zero-order valence-electron chi connectivity index (χ0n) is 12.9. The lowest BCUT2D eigenvalue weighted by Gasteiger charge is -2.33. The Morgan fingerprint density at radius 1 is 0.722 bits per heavy atom. The minimum Gasteiger partial charge on any atom is -0.392 e. The van der Waals surface area contributed by atoms with E-state index in [1.165, 1.54) is 0 Å². The van der Waals surface area contributed by atoms with E-state index >= 15 is 0 Å². The maximum absolute atomic E-state index is 9.48. The highest BCUT2D eigenvalue weighted by Gasteiger charge is 2.16. The van der Waals surface area contributed by atoms with Gasteiger partial charge in [0.1, 0.15) is 0 Å². The fraction of sp³-hybridized carbons (Fsp3) is 1.00. The summed E-state index contributed by atoms with van der Waals surface area (Å²) in [5.74, 6) is 0. The average molecular weight is 260 g/mol. The standard InChI is InChI=1S/C14H32N2O2/c1-11(2)16(12(3)4)8-7-15(9-13(5)17)10-14(6)18/h11-14,17-18H,7-10H2,1-6H3. The fourth-order valence-electron chi connectivity index (χ4n) is 2.37. The Hall–Kier alpha value is -0.160. The first-order valence-electron chi connectivity index (χ1n) is 7.08. The zero-order chi connectivity index (χ0) is 14.3. The van der Waals surface area contributed by atoms with Gasteiger partial charge in [-0.2, -0.15) is 0 Å². The van der Waals surface area contributed by atoms with E-state index in [1.807, 2.05) is 0 Å². The van der Waals surface area contributed by atoms with Crippen LogP contribution in [0.2, 0.25) is 0 Å². The molecule has 2 unspecified atom stereocenters. The number of nitrogens with zero attached hydrogens (tertiary/aromatic N) is 2. The van der Waals surface area contributed by atoms with Gasteiger partial charge in [0.25, 0.3) is 0 Å². The van der Waals surface area contributed by atoms with Crippen molar-refractivity contribution in [3.8, 4) is 0 Å². The third-order valence-electron chi connectivity index (χ3n) is 3.05. The largest absolute Gasteiger partial charge is 0.392 e. The van der Waals surface area contributed by atoms with Gasteiger partial charge < -0.3 is 10.2 Å². The lowest BCUT2D eigenvalue weighted by molar-refractivity contribution is 0.0682. The normalized spacial score (nSPS) is 16.0. The molecule has 2 atom stereocenters. The molecule has 0 aliphatic heterocycles. The summed E-state index contributed by atoms with van der Waals surface area (Å²) >= 11 is 0. The lowest BCUT2D eigenvalue weighted by atomic mass is 10.2. The van der Waals surface area contributed by atoms with Crippen LogP contribution in [0, 0.1) is 0 Å². The molecule has 18 heavy (non-hydrogen) atoms. The summed E-state index contributed by atoms with van der Waals surface area (Å²) in [6, 6.07) is 1.04. The van der Waals surface area contributed by atoms with Crippen molar-refractivity contribution in [1.82, 2.24) is 9.80 Å². The molecule has 2 N–H and O–H groups in total. The average Bonchev–Trinajstić information content (AvgIpc) is 2.13. The summed E-state index contributed by atoms with van der Waals surface area (Å²) in [6.07, 6.45) is -0.703. The molecule has 0 aliphatic carbocycles. The minimum atomic E-state index is -0.352. The van der Waals surface area contributed by atoms with Crippen LogP contribution >= 0.6 is 0 Å². The summed E-state index contributed by atoms with van der Waals surface area (Å²) in [5, 5.41) is 19.0. The molecule has 0 saturated carbocycles. The highest BCUT2D eigenvalue weighted by atomic mass is 16.3. The van der Waals surface area contributed by atoms with Gasteiger partial charge in [-0.25, -0.2) is 0 Å². The van der Waals surface area contributed by atoms with Crippen LogP contribution in [0.1, 0.15) is 41.5 Å². The predicted molar refractivity (Wildman–Crippen MR) is 76.8 cm³/mol. The second-order valence-corrected chi connectivity index (χ2v) is 5.88. The molecule has 4 heteroatoms. The quantitative estimate of drug-likeness (QED) is 0.653. The number of aliphatic hydroxyl groups excluding tert-OH is 2. The second kappa shape index (κ2) is 8.86. The molecule has 0 bridgehead atoms. The van der Waals surface area contributed by atoms with Crippen LogP contribution in [0.25, 0.3) is 0 Å². The van der Waals surface area contributed by atoms with E-state index in [0.717, 1.165) is 13.1 Å².